The Morgan fingerprint density at radius 2 is 1.73 bits per heavy atom. The summed E-state index contributed by atoms with van der Waals surface area (Å²) in [6.07, 6.45) is 0.921. The number of aromatic amines is 1. The normalized spacial score (nSPS) is 11.1. The summed E-state index contributed by atoms with van der Waals surface area (Å²) < 4.78 is 1.35. The zero-order valence-electron chi connectivity index (χ0n) is 14.3. The number of benzene rings is 2. The van der Waals surface area contributed by atoms with E-state index < -0.39 is 0 Å². The number of fused-ring (bicyclic) bond motifs is 1. The molecule has 0 amide bonds. The van der Waals surface area contributed by atoms with Crippen LogP contribution < -0.4 is 5.69 Å². The van der Waals surface area contributed by atoms with Gasteiger partial charge in [-0.3, -0.25) is 4.98 Å². The van der Waals surface area contributed by atoms with Gasteiger partial charge in [-0.1, -0.05) is 72.4 Å². The summed E-state index contributed by atoms with van der Waals surface area (Å²) in [6.45, 7) is 1.90. The first-order valence-electron chi connectivity index (χ1n) is 8.44. The highest BCUT2D eigenvalue weighted by Gasteiger charge is 2.15. The van der Waals surface area contributed by atoms with Crippen molar-refractivity contribution < 1.29 is 0 Å². The van der Waals surface area contributed by atoms with Crippen LogP contribution in [0.15, 0.2) is 70.6 Å². The zero-order valence-corrected chi connectivity index (χ0v) is 15.2. The lowest BCUT2D eigenvalue weighted by Crippen LogP contribution is -2.19. The first-order chi connectivity index (χ1) is 12.7. The molecule has 26 heavy (non-hydrogen) atoms. The van der Waals surface area contributed by atoms with E-state index in [1.807, 2.05) is 55.5 Å². The molecule has 2 heterocycles. The number of hydrogen-bond acceptors (Lipinski definition) is 4. The largest absolute Gasteiger partial charge is 0.350 e. The molecule has 0 aliphatic rings. The van der Waals surface area contributed by atoms with Gasteiger partial charge < -0.3 is 0 Å². The molecule has 0 bridgehead atoms. The van der Waals surface area contributed by atoms with Gasteiger partial charge in [0.05, 0.1) is 5.69 Å². The van der Waals surface area contributed by atoms with Crippen molar-refractivity contribution in [3.8, 4) is 11.1 Å². The molecule has 4 aromatic rings. The topological polar surface area (TPSA) is 63.1 Å². The SMILES string of the molecule is Cc1nn2c(=O)[nH]c(SCCc3ccccc3)nc2c1-c1ccccc1. The first kappa shape index (κ1) is 16.6. The number of hydrogen-bond donors (Lipinski definition) is 1. The number of H-pyrrole nitrogens is 1. The molecular weight excluding hydrogens is 344 g/mol. The molecule has 2 aromatic carbocycles. The van der Waals surface area contributed by atoms with Crippen LogP contribution in [0.1, 0.15) is 11.3 Å². The molecule has 0 radical (unpaired) electrons. The number of nitrogens with zero attached hydrogens (tertiary/aromatic N) is 3. The summed E-state index contributed by atoms with van der Waals surface area (Å²) in [5.41, 5.74) is 4.32. The smallest absolute Gasteiger partial charge is 0.285 e. The van der Waals surface area contributed by atoms with Crippen molar-refractivity contribution >= 4 is 17.4 Å². The number of rotatable bonds is 5. The molecule has 5 nitrogen and oxygen atoms in total. The summed E-state index contributed by atoms with van der Waals surface area (Å²) in [7, 11) is 0. The average Bonchev–Trinajstić information content (AvgIpc) is 3.00. The predicted octanol–water partition coefficient (Wildman–Crippen LogP) is 3.73. The van der Waals surface area contributed by atoms with E-state index in [2.05, 4.69) is 27.2 Å². The molecule has 1 N–H and O–H groups in total. The lowest BCUT2D eigenvalue weighted by molar-refractivity contribution is 0.779. The minimum Gasteiger partial charge on any atom is -0.285 e. The molecule has 0 atom stereocenters. The second-order valence-electron chi connectivity index (χ2n) is 5.99. The van der Waals surface area contributed by atoms with Gasteiger partial charge in [0.1, 0.15) is 0 Å². The Labute approximate surface area is 155 Å². The molecule has 0 aliphatic heterocycles. The van der Waals surface area contributed by atoms with E-state index in [1.54, 1.807) is 11.8 Å². The molecule has 0 saturated heterocycles. The lowest BCUT2D eigenvalue weighted by Gasteiger charge is -2.03. The van der Waals surface area contributed by atoms with Crippen LogP contribution in [0.5, 0.6) is 0 Å². The number of nitrogens with one attached hydrogen (secondary N) is 1. The Morgan fingerprint density at radius 3 is 2.46 bits per heavy atom. The molecular formula is C20H18N4OS. The quantitative estimate of drug-likeness (QED) is 0.550. The van der Waals surface area contributed by atoms with Gasteiger partial charge in [0.15, 0.2) is 10.8 Å². The Hall–Kier alpha value is -2.86. The van der Waals surface area contributed by atoms with Crippen LogP contribution in [0.2, 0.25) is 0 Å². The van der Waals surface area contributed by atoms with Crippen molar-refractivity contribution in [2.75, 3.05) is 5.75 Å². The van der Waals surface area contributed by atoms with Crippen LogP contribution in [0, 0.1) is 6.92 Å². The Balaban J connectivity index is 1.66. The van der Waals surface area contributed by atoms with E-state index in [1.165, 1.54) is 10.1 Å². The number of aromatic nitrogens is 4. The van der Waals surface area contributed by atoms with E-state index in [0.717, 1.165) is 29.0 Å². The van der Waals surface area contributed by atoms with E-state index in [0.29, 0.717) is 10.8 Å². The van der Waals surface area contributed by atoms with Crippen LogP contribution in [-0.4, -0.2) is 25.3 Å². The maximum Gasteiger partial charge on any atom is 0.350 e. The second kappa shape index (κ2) is 7.17. The standard InChI is InChI=1S/C20H18N4OS/c1-14-17(16-10-6-3-7-11-16)18-21-19(22-20(25)24(18)23-14)26-13-12-15-8-4-2-5-9-15/h2-11H,12-13H2,1H3,(H,21,22,25). The average molecular weight is 362 g/mol. The molecule has 0 unspecified atom stereocenters. The fourth-order valence-corrected chi connectivity index (χ4v) is 3.79. The monoisotopic (exact) mass is 362 g/mol. The molecule has 130 valence electrons. The van der Waals surface area contributed by atoms with Gasteiger partial charge in [0.2, 0.25) is 0 Å². The van der Waals surface area contributed by atoms with Gasteiger partial charge in [0, 0.05) is 11.3 Å². The zero-order chi connectivity index (χ0) is 17.9. The Bertz CT molecular complexity index is 1090. The van der Waals surface area contributed by atoms with Crippen molar-refractivity contribution in [3.63, 3.8) is 0 Å². The first-order valence-corrected chi connectivity index (χ1v) is 9.43. The van der Waals surface area contributed by atoms with E-state index in [4.69, 9.17) is 0 Å². The summed E-state index contributed by atoms with van der Waals surface area (Å²) >= 11 is 1.55. The van der Waals surface area contributed by atoms with Crippen LogP contribution in [-0.2, 0) is 6.42 Å². The molecule has 0 saturated carbocycles. The molecule has 0 spiro atoms. The highest BCUT2D eigenvalue weighted by molar-refractivity contribution is 7.99. The van der Waals surface area contributed by atoms with Crippen molar-refractivity contribution in [2.45, 2.75) is 18.5 Å². The third-order valence-corrected chi connectivity index (χ3v) is 5.06. The van der Waals surface area contributed by atoms with Crippen LogP contribution in [0.4, 0.5) is 0 Å². The Morgan fingerprint density at radius 1 is 1.04 bits per heavy atom. The molecule has 2 aromatic heterocycles. The van der Waals surface area contributed by atoms with Crippen molar-refractivity contribution in [2.24, 2.45) is 0 Å². The highest BCUT2D eigenvalue weighted by Crippen LogP contribution is 2.27. The third kappa shape index (κ3) is 3.28. The Kier molecular flexibility index (Phi) is 4.58. The van der Waals surface area contributed by atoms with Gasteiger partial charge in [0.25, 0.3) is 0 Å². The maximum absolute atomic E-state index is 12.4. The second-order valence-corrected chi connectivity index (χ2v) is 7.08. The van der Waals surface area contributed by atoms with Gasteiger partial charge >= 0.3 is 5.69 Å². The minimum atomic E-state index is -0.262. The van der Waals surface area contributed by atoms with Crippen molar-refractivity contribution in [1.29, 1.82) is 0 Å². The van der Waals surface area contributed by atoms with Gasteiger partial charge in [-0.25, -0.2) is 9.78 Å². The summed E-state index contributed by atoms with van der Waals surface area (Å²) in [6, 6.07) is 20.2. The van der Waals surface area contributed by atoms with Crippen molar-refractivity contribution in [3.05, 3.63) is 82.4 Å². The van der Waals surface area contributed by atoms with E-state index in [9.17, 15) is 4.79 Å². The molecule has 4 rings (SSSR count). The predicted molar refractivity (Wildman–Crippen MR) is 105 cm³/mol. The summed E-state index contributed by atoms with van der Waals surface area (Å²) in [4.78, 5) is 19.9. The van der Waals surface area contributed by atoms with E-state index in [-0.39, 0.29) is 5.69 Å². The van der Waals surface area contributed by atoms with Crippen LogP contribution in [0.25, 0.3) is 16.8 Å². The van der Waals surface area contributed by atoms with Crippen LogP contribution >= 0.6 is 11.8 Å². The number of thioether (sulfide) groups is 1. The van der Waals surface area contributed by atoms with Crippen molar-refractivity contribution in [1.82, 2.24) is 19.6 Å². The lowest BCUT2D eigenvalue weighted by atomic mass is 10.1. The maximum atomic E-state index is 12.4. The van der Waals surface area contributed by atoms with Gasteiger partial charge in [-0.2, -0.15) is 9.61 Å². The fraction of sp³-hybridized carbons (Fsp3) is 0.150. The highest BCUT2D eigenvalue weighted by atomic mass is 32.2. The van der Waals surface area contributed by atoms with Crippen LogP contribution in [0.3, 0.4) is 0 Å². The van der Waals surface area contributed by atoms with Gasteiger partial charge in [-0.05, 0) is 24.5 Å². The third-order valence-electron chi connectivity index (χ3n) is 4.18. The summed E-state index contributed by atoms with van der Waals surface area (Å²) in [5, 5.41) is 4.98. The number of aryl methyl sites for hydroxylation is 2. The molecule has 6 heteroatoms. The summed E-state index contributed by atoms with van der Waals surface area (Å²) in [5.74, 6) is 0.844. The van der Waals surface area contributed by atoms with Gasteiger partial charge in [-0.15, -0.1) is 0 Å². The van der Waals surface area contributed by atoms with E-state index >= 15 is 0 Å². The fourth-order valence-electron chi connectivity index (χ4n) is 2.95. The minimum absolute atomic E-state index is 0.262. The molecule has 0 aliphatic carbocycles. The molecule has 0 fully saturated rings.